The van der Waals surface area contributed by atoms with E-state index in [4.69, 9.17) is 11.6 Å². The Morgan fingerprint density at radius 2 is 1.84 bits per heavy atom. The van der Waals surface area contributed by atoms with E-state index in [1.807, 2.05) is 51.3 Å². The summed E-state index contributed by atoms with van der Waals surface area (Å²) in [6.07, 6.45) is 5.23. The van der Waals surface area contributed by atoms with Gasteiger partial charge in [0, 0.05) is 16.7 Å². The first-order valence-corrected chi connectivity index (χ1v) is 8.05. The molecule has 0 bridgehead atoms. The zero-order chi connectivity index (χ0) is 14.1. The summed E-state index contributed by atoms with van der Waals surface area (Å²) in [5.41, 5.74) is 1.18. The first kappa shape index (κ1) is 14.7. The molecule has 0 amide bonds. The molecule has 0 saturated heterocycles. The SMILES string of the molecule is CC(C)(C)[S@@](=O)N=CC1(c2ccc(Cl)cc2)CCC1. The van der Waals surface area contributed by atoms with Crippen LogP contribution in [0.4, 0.5) is 0 Å². The van der Waals surface area contributed by atoms with E-state index in [-0.39, 0.29) is 10.2 Å². The first-order valence-electron chi connectivity index (χ1n) is 6.57. The molecular formula is C15H20ClNOS. The van der Waals surface area contributed by atoms with Gasteiger partial charge in [-0.3, -0.25) is 0 Å². The van der Waals surface area contributed by atoms with E-state index in [1.165, 1.54) is 12.0 Å². The van der Waals surface area contributed by atoms with Crippen molar-refractivity contribution in [1.29, 1.82) is 0 Å². The second-order valence-electron chi connectivity index (χ2n) is 6.11. The molecule has 0 heterocycles. The van der Waals surface area contributed by atoms with Crippen LogP contribution in [0.1, 0.15) is 45.6 Å². The third-order valence-corrected chi connectivity index (χ3v) is 5.18. The van der Waals surface area contributed by atoms with Crippen LogP contribution in [0.3, 0.4) is 0 Å². The zero-order valence-electron chi connectivity index (χ0n) is 11.6. The molecule has 1 aromatic carbocycles. The van der Waals surface area contributed by atoms with Crippen molar-refractivity contribution in [3.8, 4) is 0 Å². The predicted molar refractivity (Wildman–Crippen MR) is 83.4 cm³/mol. The highest BCUT2D eigenvalue weighted by molar-refractivity contribution is 7.85. The molecule has 4 heteroatoms. The van der Waals surface area contributed by atoms with Crippen molar-refractivity contribution < 1.29 is 4.21 Å². The topological polar surface area (TPSA) is 29.4 Å². The van der Waals surface area contributed by atoms with E-state index in [1.54, 1.807) is 0 Å². The molecule has 0 radical (unpaired) electrons. The predicted octanol–water partition coefficient (Wildman–Crippen LogP) is 4.29. The molecule has 0 spiro atoms. The van der Waals surface area contributed by atoms with Gasteiger partial charge >= 0.3 is 0 Å². The first-order chi connectivity index (χ1) is 8.83. The molecular weight excluding hydrogens is 278 g/mol. The quantitative estimate of drug-likeness (QED) is 0.765. The Kier molecular flexibility index (Phi) is 4.17. The average Bonchev–Trinajstić information content (AvgIpc) is 2.28. The Morgan fingerprint density at radius 1 is 1.26 bits per heavy atom. The van der Waals surface area contributed by atoms with Gasteiger partial charge in [0.05, 0.1) is 4.75 Å². The summed E-state index contributed by atoms with van der Waals surface area (Å²) in [7, 11) is -1.19. The van der Waals surface area contributed by atoms with E-state index in [0.717, 1.165) is 17.9 Å². The zero-order valence-corrected chi connectivity index (χ0v) is 13.2. The smallest absolute Gasteiger partial charge is 0.144 e. The lowest BCUT2D eigenvalue weighted by Crippen LogP contribution is -2.36. The molecule has 19 heavy (non-hydrogen) atoms. The Labute approximate surface area is 122 Å². The minimum atomic E-state index is -1.19. The summed E-state index contributed by atoms with van der Waals surface area (Å²) in [6, 6.07) is 7.91. The molecule has 1 fully saturated rings. The van der Waals surface area contributed by atoms with Crippen LogP contribution in [0.15, 0.2) is 28.7 Å². The molecule has 2 rings (SSSR count). The number of nitrogens with zero attached hydrogens (tertiary/aromatic N) is 1. The highest BCUT2D eigenvalue weighted by atomic mass is 35.5. The third-order valence-electron chi connectivity index (χ3n) is 3.58. The number of hydrogen-bond donors (Lipinski definition) is 0. The molecule has 0 N–H and O–H groups in total. The lowest BCUT2D eigenvalue weighted by atomic mass is 9.65. The van der Waals surface area contributed by atoms with Gasteiger partial charge in [-0.1, -0.05) is 30.2 Å². The van der Waals surface area contributed by atoms with Crippen LogP contribution in [0.2, 0.25) is 5.02 Å². The summed E-state index contributed by atoms with van der Waals surface area (Å²) < 4.78 is 16.0. The molecule has 1 saturated carbocycles. The highest BCUT2D eigenvalue weighted by Crippen LogP contribution is 2.42. The van der Waals surface area contributed by atoms with E-state index < -0.39 is 11.0 Å². The van der Waals surface area contributed by atoms with Crippen LogP contribution in [0.25, 0.3) is 0 Å². The highest BCUT2D eigenvalue weighted by Gasteiger charge is 2.37. The summed E-state index contributed by atoms with van der Waals surface area (Å²) >= 11 is 5.93. The fourth-order valence-electron chi connectivity index (χ4n) is 2.14. The fraction of sp³-hybridized carbons (Fsp3) is 0.533. The van der Waals surface area contributed by atoms with Gasteiger partial charge < -0.3 is 0 Å². The Balaban J connectivity index is 2.22. The van der Waals surface area contributed by atoms with Gasteiger partial charge in [0.2, 0.25) is 0 Å². The number of halogens is 1. The largest absolute Gasteiger partial charge is 0.234 e. The van der Waals surface area contributed by atoms with Gasteiger partial charge in [0.15, 0.2) is 0 Å². The van der Waals surface area contributed by atoms with E-state index >= 15 is 0 Å². The monoisotopic (exact) mass is 297 g/mol. The standard InChI is InChI=1S/C15H20ClNOS/c1-14(2,3)19(18)17-11-15(9-4-10-15)12-5-7-13(16)8-6-12/h5-8,11H,4,9-10H2,1-3H3/t19-/m1/s1. The van der Waals surface area contributed by atoms with Gasteiger partial charge in [0.1, 0.15) is 11.0 Å². The normalized spacial score (nSPS) is 20.2. The van der Waals surface area contributed by atoms with Gasteiger partial charge in [-0.15, -0.1) is 0 Å². The van der Waals surface area contributed by atoms with E-state index in [9.17, 15) is 4.21 Å². The summed E-state index contributed by atoms with van der Waals surface area (Å²) in [6.45, 7) is 5.82. The lowest BCUT2D eigenvalue weighted by Gasteiger charge is -2.39. The van der Waals surface area contributed by atoms with Crippen LogP contribution in [-0.2, 0) is 16.4 Å². The van der Waals surface area contributed by atoms with Crippen LogP contribution >= 0.6 is 11.6 Å². The summed E-state index contributed by atoms with van der Waals surface area (Å²) in [5.74, 6) is 0. The van der Waals surface area contributed by atoms with E-state index in [0.29, 0.717) is 0 Å². The van der Waals surface area contributed by atoms with Crippen molar-refractivity contribution in [3.63, 3.8) is 0 Å². The average molecular weight is 298 g/mol. The fourth-order valence-corrected chi connectivity index (χ4v) is 2.88. The van der Waals surface area contributed by atoms with E-state index in [2.05, 4.69) is 4.40 Å². The van der Waals surface area contributed by atoms with Crippen molar-refractivity contribution in [2.24, 2.45) is 4.40 Å². The molecule has 104 valence electrons. The van der Waals surface area contributed by atoms with Crippen LogP contribution in [0, 0.1) is 0 Å². The molecule has 1 atom stereocenters. The Bertz CT molecular complexity index is 498. The summed E-state index contributed by atoms with van der Waals surface area (Å²) in [4.78, 5) is 0. The van der Waals surface area contributed by atoms with Crippen molar-refractivity contribution >= 4 is 28.8 Å². The molecule has 1 aliphatic rings. The second kappa shape index (κ2) is 5.37. The molecule has 0 aliphatic heterocycles. The van der Waals surface area contributed by atoms with Crippen molar-refractivity contribution in [3.05, 3.63) is 34.9 Å². The van der Waals surface area contributed by atoms with Crippen LogP contribution < -0.4 is 0 Å². The van der Waals surface area contributed by atoms with Gasteiger partial charge in [0.25, 0.3) is 0 Å². The maximum atomic E-state index is 12.0. The number of rotatable bonds is 3. The maximum absolute atomic E-state index is 12.0. The maximum Gasteiger partial charge on any atom is 0.144 e. The molecule has 2 nitrogen and oxygen atoms in total. The lowest BCUT2D eigenvalue weighted by molar-refractivity contribution is 0.348. The number of benzene rings is 1. The van der Waals surface area contributed by atoms with Crippen molar-refractivity contribution in [2.75, 3.05) is 0 Å². The van der Waals surface area contributed by atoms with Gasteiger partial charge in [-0.2, -0.15) is 4.40 Å². The van der Waals surface area contributed by atoms with Crippen LogP contribution in [0.5, 0.6) is 0 Å². The Morgan fingerprint density at radius 3 is 2.26 bits per heavy atom. The minimum Gasteiger partial charge on any atom is -0.234 e. The third kappa shape index (κ3) is 3.26. The van der Waals surface area contributed by atoms with Gasteiger partial charge in [-0.05, 0) is 51.3 Å². The number of hydrogen-bond acceptors (Lipinski definition) is 1. The molecule has 1 aromatic rings. The van der Waals surface area contributed by atoms with Crippen molar-refractivity contribution in [1.82, 2.24) is 0 Å². The summed E-state index contributed by atoms with van der Waals surface area (Å²) in [5, 5.41) is 0.744. The van der Waals surface area contributed by atoms with Crippen molar-refractivity contribution in [2.45, 2.75) is 50.2 Å². The Hall–Kier alpha value is -0.670. The molecule has 0 unspecified atom stereocenters. The second-order valence-corrected chi connectivity index (χ2v) is 8.48. The minimum absolute atomic E-state index is 0.0362. The molecule has 1 aliphatic carbocycles. The van der Waals surface area contributed by atoms with Gasteiger partial charge in [-0.25, -0.2) is 4.21 Å². The van der Waals surface area contributed by atoms with Crippen LogP contribution in [-0.4, -0.2) is 15.2 Å². The molecule has 0 aromatic heterocycles.